The van der Waals surface area contributed by atoms with E-state index >= 15 is 0 Å². The summed E-state index contributed by atoms with van der Waals surface area (Å²) in [6.07, 6.45) is 3.94. The maximum absolute atomic E-state index is 13.1. The number of nitrogen functional groups attached to an aromatic ring is 1. The molecule has 0 unspecified atom stereocenters. The van der Waals surface area contributed by atoms with Crippen molar-refractivity contribution in [1.82, 2.24) is 15.1 Å². The topological polar surface area (TPSA) is 84.2 Å². The molecular weight excluding hydrogens is 352 g/mol. The first-order valence-corrected chi connectivity index (χ1v) is 9.25. The fourth-order valence-corrected chi connectivity index (χ4v) is 3.71. The average Bonchev–Trinajstić information content (AvgIpc) is 3.08. The Balaban J connectivity index is 1.86. The van der Waals surface area contributed by atoms with Crippen LogP contribution in [-0.2, 0) is 11.3 Å². The highest BCUT2D eigenvalue weighted by atomic mass is 35.5. The minimum atomic E-state index is -0.0892. The third-order valence-corrected chi connectivity index (χ3v) is 5.38. The maximum atomic E-state index is 13.1. The molecule has 3 N–H and O–H groups in total. The minimum Gasteiger partial charge on any atom is -0.399 e. The number of aromatic nitrogens is 2. The zero-order valence-electron chi connectivity index (χ0n) is 15.2. The smallest absolute Gasteiger partial charge is 0.274 e. The molecule has 0 radical (unpaired) electrons. The summed E-state index contributed by atoms with van der Waals surface area (Å²) in [5.41, 5.74) is 8.68. The van der Waals surface area contributed by atoms with E-state index in [2.05, 4.69) is 10.2 Å². The molecule has 140 valence electrons. The third-order valence-electron chi connectivity index (χ3n) is 5.01. The molecule has 0 spiro atoms. The van der Waals surface area contributed by atoms with E-state index < -0.39 is 0 Å². The van der Waals surface area contributed by atoms with E-state index in [1.165, 1.54) is 0 Å². The first-order chi connectivity index (χ1) is 12.5. The molecule has 1 aromatic carbocycles. The first kappa shape index (κ1) is 18.7. The normalized spacial score (nSPS) is 20.1. The molecule has 1 aromatic heterocycles. The van der Waals surface area contributed by atoms with Crippen molar-refractivity contribution in [1.29, 1.82) is 0 Å². The summed E-state index contributed by atoms with van der Waals surface area (Å²) in [7, 11) is 1.74. The van der Waals surface area contributed by atoms with Gasteiger partial charge in [-0.1, -0.05) is 11.6 Å². The van der Waals surface area contributed by atoms with Crippen molar-refractivity contribution < 1.29 is 9.53 Å². The van der Waals surface area contributed by atoms with Crippen LogP contribution in [0.4, 0.5) is 5.69 Å². The van der Waals surface area contributed by atoms with Crippen LogP contribution in [-0.4, -0.2) is 40.3 Å². The van der Waals surface area contributed by atoms with Crippen molar-refractivity contribution >= 4 is 23.2 Å². The highest BCUT2D eigenvalue weighted by Gasteiger charge is 2.31. The van der Waals surface area contributed by atoms with Gasteiger partial charge in [-0.2, -0.15) is 5.10 Å². The van der Waals surface area contributed by atoms with Gasteiger partial charge in [-0.25, -0.2) is 0 Å². The molecule has 0 aliphatic heterocycles. The monoisotopic (exact) mass is 376 g/mol. The van der Waals surface area contributed by atoms with Crippen molar-refractivity contribution in [3.8, 4) is 0 Å². The van der Waals surface area contributed by atoms with E-state index in [-0.39, 0.29) is 18.1 Å². The predicted octanol–water partition coefficient (Wildman–Crippen LogP) is 3.55. The minimum absolute atomic E-state index is 0.0892. The Hall–Kier alpha value is -2.05. The number of ether oxygens (including phenoxy) is 1. The van der Waals surface area contributed by atoms with Gasteiger partial charge in [-0.3, -0.25) is 9.89 Å². The summed E-state index contributed by atoms with van der Waals surface area (Å²) in [5.74, 6) is -0.0892. The summed E-state index contributed by atoms with van der Waals surface area (Å²) >= 11 is 6.34. The molecule has 1 aliphatic rings. The molecule has 2 aromatic rings. The van der Waals surface area contributed by atoms with Crippen molar-refractivity contribution in [2.75, 3.05) is 12.8 Å². The van der Waals surface area contributed by atoms with E-state index in [0.29, 0.717) is 22.9 Å². The number of H-pyrrole nitrogens is 1. The number of hydrogen-bond donors (Lipinski definition) is 2. The quantitative estimate of drug-likeness (QED) is 0.781. The van der Waals surface area contributed by atoms with E-state index in [4.69, 9.17) is 22.1 Å². The zero-order chi connectivity index (χ0) is 18.7. The molecule has 7 heteroatoms. The first-order valence-electron chi connectivity index (χ1n) is 8.87. The molecule has 0 atom stereocenters. The Kier molecular flexibility index (Phi) is 5.84. The van der Waals surface area contributed by atoms with E-state index in [9.17, 15) is 4.79 Å². The summed E-state index contributed by atoms with van der Waals surface area (Å²) in [4.78, 5) is 15.0. The highest BCUT2D eigenvalue weighted by Crippen LogP contribution is 2.29. The zero-order valence-corrected chi connectivity index (χ0v) is 15.9. The van der Waals surface area contributed by atoms with E-state index in [1.807, 2.05) is 17.9 Å². The molecule has 0 saturated heterocycles. The number of nitrogens with zero attached hydrogens (tertiary/aromatic N) is 2. The molecule has 1 heterocycles. The van der Waals surface area contributed by atoms with Crippen LogP contribution >= 0.6 is 11.6 Å². The summed E-state index contributed by atoms with van der Waals surface area (Å²) in [6.45, 7) is 2.30. The predicted molar refractivity (Wildman–Crippen MR) is 102 cm³/mol. The van der Waals surface area contributed by atoms with Crippen LogP contribution in [0.1, 0.15) is 47.4 Å². The number of aryl methyl sites for hydroxylation is 1. The average molecular weight is 377 g/mol. The number of aromatic amines is 1. The number of hydrogen-bond acceptors (Lipinski definition) is 4. The Morgan fingerprint density at radius 2 is 2.08 bits per heavy atom. The molecule has 0 bridgehead atoms. The number of rotatable bonds is 5. The number of nitrogens with one attached hydrogen (secondary N) is 1. The number of benzene rings is 1. The second-order valence-electron chi connectivity index (χ2n) is 6.89. The number of amides is 1. The van der Waals surface area contributed by atoms with Gasteiger partial charge in [0.05, 0.1) is 6.10 Å². The molecule has 1 aliphatic carbocycles. The standard InChI is InChI=1S/C19H25ClN4O2/c1-12-9-18(23-22-12)19(25)24(15-4-6-16(26-2)7-5-15)11-13-10-14(21)3-8-17(13)20/h3,8-10,15-16H,4-7,11,21H2,1-2H3,(H,22,23). The number of carbonyl (C=O) groups excluding carboxylic acids is 1. The lowest BCUT2D eigenvalue weighted by atomic mass is 9.91. The van der Waals surface area contributed by atoms with Gasteiger partial charge in [0.25, 0.3) is 5.91 Å². The van der Waals surface area contributed by atoms with Crippen molar-refractivity contribution in [3.05, 3.63) is 46.2 Å². The number of nitrogens with two attached hydrogens (primary N) is 1. The molecule has 26 heavy (non-hydrogen) atoms. The molecule has 1 amide bonds. The van der Waals surface area contributed by atoms with Crippen molar-refractivity contribution in [3.63, 3.8) is 0 Å². The Bertz CT molecular complexity index is 769. The van der Waals surface area contributed by atoms with Gasteiger partial charge in [0.2, 0.25) is 0 Å². The number of methoxy groups -OCH3 is 1. The number of halogens is 1. The lowest BCUT2D eigenvalue weighted by molar-refractivity contribution is 0.0310. The van der Waals surface area contributed by atoms with Crippen LogP contribution in [0.15, 0.2) is 24.3 Å². The van der Waals surface area contributed by atoms with Gasteiger partial charge in [-0.05, 0) is 62.4 Å². The Morgan fingerprint density at radius 1 is 1.35 bits per heavy atom. The van der Waals surface area contributed by atoms with Gasteiger partial charge in [0.15, 0.2) is 0 Å². The lowest BCUT2D eigenvalue weighted by Gasteiger charge is -2.36. The number of carbonyl (C=O) groups is 1. The fraction of sp³-hybridized carbons (Fsp3) is 0.474. The molecule has 1 saturated carbocycles. The second-order valence-corrected chi connectivity index (χ2v) is 7.29. The van der Waals surface area contributed by atoms with Gasteiger partial charge in [0, 0.05) is 36.1 Å². The van der Waals surface area contributed by atoms with Gasteiger partial charge < -0.3 is 15.4 Å². The SMILES string of the molecule is COC1CCC(N(Cc2cc(N)ccc2Cl)C(=O)c2cc(C)[nH]n2)CC1. The van der Waals surface area contributed by atoms with Crippen LogP contribution in [0.3, 0.4) is 0 Å². The fourth-order valence-electron chi connectivity index (χ4n) is 3.53. The molecular formula is C19H25ClN4O2. The van der Waals surface area contributed by atoms with Crippen LogP contribution in [0.25, 0.3) is 0 Å². The van der Waals surface area contributed by atoms with Gasteiger partial charge in [-0.15, -0.1) is 0 Å². The lowest BCUT2D eigenvalue weighted by Crippen LogP contribution is -2.43. The molecule has 3 rings (SSSR count). The van der Waals surface area contributed by atoms with Gasteiger partial charge in [0.1, 0.15) is 5.69 Å². The second kappa shape index (κ2) is 8.10. The Labute approximate surface area is 158 Å². The van der Waals surface area contributed by atoms with E-state index in [0.717, 1.165) is 36.9 Å². The Morgan fingerprint density at radius 3 is 2.69 bits per heavy atom. The van der Waals surface area contributed by atoms with Crippen LogP contribution < -0.4 is 5.73 Å². The third kappa shape index (κ3) is 4.19. The van der Waals surface area contributed by atoms with Crippen molar-refractivity contribution in [2.45, 2.75) is 51.3 Å². The summed E-state index contributed by atoms with van der Waals surface area (Å²) in [5, 5.41) is 7.60. The summed E-state index contributed by atoms with van der Waals surface area (Å²) < 4.78 is 5.46. The van der Waals surface area contributed by atoms with Crippen molar-refractivity contribution in [2.24, 2.45) is 0 Å². The van der Waals surface area contributed by atoms with Crippen LogP contribution in [0.2, 0.25) is 5.02 Å². The van der Waals surface area contributed by atoms with Crippen LogP contribution in [0, 0.1) is 6.92 Å². The number of anilines is 1. The van der Waals surface area contributed by atoms with Gasteiger partial charge >= 0.3 is 0 Å². The molecule has 1 fully saturated rings. The highest BCUT2D eigenvalue weighted by molar-refractivity contribution is 6.31. The largest absolute Gasteiger partial charge is 0.399 e. The summed E-state index contributed by atoms with van der Waals surface area (Å²) in [6, 6.07) is 7.27. The maximum Gasteiger partial charge on any atom is 0.274 e. The van der Waals surface area contributed by atoms with Crippen LogP contribution in [0.5, 0.6) is 0 Å². The molecule has 6 nitrogen and oxygen atoms in total. The van der Waals surface area contributed by atoms with E-state index in [1.54, 1.807) is 25.3 Å².